The minimum atomic E-state index is -3.48. The molecule has 0 amide bonds. The van der Waals surface area contributed by atoms with Crippen molar-refractivity contribution in [1.82, 2.24) is 4.72 Å². The number of benzene rings is 1. The standard InChI is InChI=1S/C10H13N3O2S2/c1-2-7-12-17(14,15)9-5-3-8(4-6-9)13-10(11)16/h2-6,12H,1,7H2,(H3,11,13,16). The Morgan fingerprint density at radius 1 is 1.41 bits per heavy atom. The topological polar surface area (TPSA) is 84.2 Å². The first-order chi connectivity index (χ1) is 7.95. The van der Waals surface area contributed by atoms with E-state index in [1.165, 1.54) is 18.2 Å². The van der Waals surface area contributed by atoms with Gasteiger partial charge in [-0.15, -0.1) is 6.58 Å². The first kappa shape index (κ1) is 13.6. The van der Waals surface area contributed by atoms with Crippen molar-refractivity contribution in [3.05, 3.63) is 36.9 Å². The molecular weight excluding hydrogens is 258 g/mol. The molecule has 1 aromatic rings. The van der Waals surface area contributed by atoms with Crippen LogP contribution in [0.15, 0.2) is 41.8 Å². The van der Waals surface area contributed by atoms with Gasteiger partial charge in [0.05, 0.1) is 4.90 Å². The molecule has 5 nitrogen and oxygen atoms in total. The van der Waals surface area contributed by atoms with Crippen molar-refractivity contribution < 1.29 is 8.42 Å². The highest BCUT2D eigenvalue weighted by atomic mass is 32.2. The highest BCUT2D eigenvalue weighted by Gasteiger charge is 2.11. The van der Waals surface area contributed by atoms with Gasteiger partial charge in [-0.25, -0.2) is 13.1 Å². The van der Waals surface area contributed by atoms with Crippen molar-refractivity contribution in [2.24, 2.45) is 5.73 Å². The first-order valence-electron chi connectivity index (χ1n) is 4.73. The number of thiocarbonyl (C=S) groups is 1. The van der Waals surface area contributed by atoms with Crippen LogP contribution in [0.3, 0.4) is 0 Å². The molecule has 0 aliphatic carbocycles. The summed E-state index contributed by atoms with van der Waals surface area (Å²) in [5, 5.41) is 2.83. The number of hydrogen-bond acceptors (Lipinski definition) is 3. The maximum atomic E-state index is 11.7. The monoisotopic (exact) mass is 271 g/mol. The van der Waals surface area contributed by atoms with Crippen molar-refractivity contribution in [3.63, 3.8) is 0 Å². The highest BCUT2D eigenvalue weighted by Crippen LogP contribution is 2.13. The Bertz CT molecular complexity index is 509. The molecule has 0 unspecified atom stereocenters. The van der Waals surface area contributed by atoms with Gasteiger partial charge in [0.25, 0.3) is 0 Å². The molecule has 4 N–H and O–H groups in total. The molecule has 0 bridgehead atoms. The molecule has 0 spiro atoms. The molecule has 0 saturated carbocycles. The number of sulfonamides is 1. The van der Waals surface area contributed by atoms with Gasteiger partial charge in [-0.2, -0.15) is 0 Å². The molecule has 0 aliphatic rings. The third-order valence-electron chi connectivity index (χ3n) is 1.85. The molecular formula is C10H13N3O2S2. The van der Waals surface area contributed by atoms with Crippen molar-refractivity contribution in [2.75, 3.05) is 11.9 Å². The zero-order valence-corrected chi connectivity index (χ0v) is 10.6. The van der Waals surface area contributed by atoms with Gasteiger partial charge in [-0.1, -0.05) is 6.08 Å². The van der Waals surface area contributed by atoms with Crippen LogP contribution in [-0.4, -0.2) is 20.1 Å². The molecule has 0 radical (unpaired) electrons. The summed E-state index contributed by atoms with van der Waals surface area (Å²) in [4.78, 5) is 0.174. The largest absolute Gasteiger partial charge is 0.376 e. The third-order valence-corrected chi connectivity index (χ3v) is 3.39. The summed E-state index contributed by atoms with van der Waals surface area (Å²) in [6.07, 6.45) is 1.47. The van der Waals surface area contributed by atoms with E-state index in [0.29, 0.717) is 5.69 Å². The maximum absolute atomic E-state index is 11.7. The summed E-state index contributed by atoms with van der Waals surface area (Å²) in [6, 6.07) is 6.10. The van der Waals surface area contributed by atoms with E-state index in [1.54, 1.807) is 12.1 Å². The fourth-order valence-electron chi connectivity index (χ4n) is 1.11. The second-order valence-electron chi connectivity index (χ2n) is 3.15. The van der Waals surface area contributed by atoms with Gasteiger partial charge in [-0.05, 0) is 36.5 Å². The van der Waals surface area contributed by atoms with Gasteiger partial charge < -0.3 is 11.1 Å². The summed E-state index contributed by atoms with van der Waals surface area (Å²) < 4.78 is 25.8. The highest BCUT2D eigenvalue weighted by molar-refractivity contribution is 7.89. The van der Waals surface area contributed by atoms with Crippen molar-refractivity contribution in [2.45, 2.75) is 4.90 Å². The second kappa shape index (κ2) is 5.76. The molecule has 0 aliphatic heterocycles. The Morgan fingerprint density at radius 2 is 2.00 bits per heavy atom. The molecule has 92 valence electrons. The molecule has 7 heteroatoms. The number of nitrogens with one attached hydrogen (secondary N) is 2. The van der Waals surface area contributed by atoms with Crippen LogP contribution in [0.5, 0.6) is 0 Å². The van der Waals surface area contributed by atoms with E-state index in [0.717, 1.165) is 0 Å². The minimum absolute atomic E-state index is 0.130. The van der Waals surface area contributed by atoms with E-state index < -0.39 is 10.0 Å². The average Bonchev–Trinajstić information content (AvgIpc) is 2.26. The molecule has 0 aromatic heterocycles. The van der Waals surface area contributed by atoms with E-state index in [-0.39, 0.29) is 16.6 Å². The van der Waals surface area contributed by atoms with Gasteiger partial charge in [-0.3, -0.25) is 0 Å². The minimum Gasteiger partial charge on any atom is -0.376 e. The average molecular weight is 271 g/mol. The third kappa shape index (κ3) is 4.14. The summed E-state index contributed by atoms with van der Waals surface area (Å²) in [5.41, 5.74) is 5.93. The predicted molar refractivity (Wildman–Crippen MR) is 72.2 cm³/mol. The fraction of sp³-hybridized carbons (Fsp3) is 0.100. The SMILES string of the molecule is C=CCNS(=O)(=O)c1ccc(NC(N)=S)cc1. The van der Waals surface area contributed by atoms with E-state index in [2.05, 4.69) is 28.8 Å². The van der Waals surface area contributed by atoms with Crippen LogP contribution in [-0.2, 0) is 10.0 Å². The van der Waals surface area contributed by atoms with Crippen LogP contribution in [0.2, 0.25) is 0 Å². The zero-order valence-electron chi connectivity index (χ0n) is 9.01. The van der Waals surface area contributed by atoms with Gasteiger partial charge in [0.2, 0.25) is 10.0 Å². The lowest BCUT2D eigenvalue weighted by molar-refractivity contribution is 0.585. The normalized spacial score (nSPS) is 10.8. The predicted octanol–water partition coefficient (Wildman–Crippen LogP) is 0.806. The van der Waals surface area contributed by atoms with Crippen molar-refractivity contribution >= 4 is 33.0 Å². The first-order valence-corrected chi connectivity index (χ1v) is 6.62. The summed E-state index contributed by atoms with van der Waals surface area (Å²) in [7, 11) is -3.48. The van der Waals surface area contributed by atoms with Crippen molar-refractivity contribution in [3.8, 4) is 0 Å². The van der Waals surface area contributed by atoms with Gasteiger partial charge in [0.1, 0.15) is 0 Å². The maximum Gasteiger partial charge on any atom is 0.240 e. The number of anilines is 1. The molecule has 0 atom stereocenters. The number of nitrogens with two attached hydrogens (primary N) is 1. The fourth-order valence-corrected chi connectivity index (χ4v) is 2.23. The van der Waals surface area contributed by atoms with Gasteiger partial charge in [0.15, 0.2) is 5.11 Å². The van der Waals surface area contributed by atoms with E-state index >= 15 is 0 Å². The second-order valence-corrected chi connectivity index (χ2v) is 5.36. The molecule has 0 heterocycles. The van der Waals surface area contributed by atoms with Crippen LogP contribution >= 0.6 is 12.2 Å². The smallest absolute Gasteiger partial charge is 0.240 e. The zero-order chi connectivity index (χ0) is 12.9. The Labute approximate surface area is 106 Å². The van der Waals surface area contributed by atoms with Gasteiger partial charge >= 0.3 is 0 Å². The van der Waals surface area contributed by atoms with E-state index in [9.17, 15) is 8.42 Å². The lowest BCUT2D eigenvalue weighted by Gasteiger charge is -2.06. The molecule has 0 saturated heterocycles. The van der Waals surface area contributed by atoms with Gasteiger partial charge in [0, 0.05) is 12.2 Å². The van der Waals surface area contributed by atoms with E-state index in [4.69, 9.17) is 5.73 Å². The Kier molecular flexibility index (Phi) is 4.62. The summed E-state index contributed by atoms with van der Waals surface area (Å²) in [5.74, 6) is 0. The molecule has 17 heavy (non-hydrogen) atoms. The van der Waals surface area contributed by atoms with Crippen LogP contribution < -0.4 is 15.8 Å². The molecule has 1 aromatic carbocycles. The van der Waals surface area contributed by atoms with Crippen molar-refractivity contribution in [1.29, 1.82) is 0 Å². The Hall–Kier alpha value is -1.44. The lowest BCUT2D eigenvalue weighted by atomic mass is 10.3. The van der Waals surface area contributed by atoms with Crippen LogP contribution in [0.25, 0.3) is 0 Å². The lowest BCUT2D eigenvalue weighted by Crippen LogP contribution is -2.23. The number of hydrogen-bond donors (Lipinski definition) is 3. The quantitative estimate of drug-likeness (QED) is 0.545. The summed E-state index contributed by atoms with van der Waals surface area (Å²) in [6.45, 7) is 3.63. The van der Waals surface area contributed by atoms with E-state index in [1.807, 2.05) is 0 Å². The number of rotatable bonds is 5. The summed E-state index contributed by atoms with van der Waals surface area (Å²) >= 11 is 4.67. The van der Waals surface area contributed by atoms with Crippen LogP contribution in [0, 0.1) is 0 Å². The van der Waals surface area contributed by atoms with Crippen LogP contribution in [0.4, 0.5) is 5.69 Å². The van der Waals surface area contributed by atoms with Crippen LogP contribution in [0.1, 0.15) is 0 Å². The molecule has 0 fully saturated rings. The molecule has 1 rings (SSSR count). The Morgan fingerprint density at radius 3 is 2.47 bits per heavy atom. The Balaban J connectivity index is 2.86.